The van der Waals surface area contributed by atoms with Crippen LogP contribution in [0, 0.1) is 31.1 Å². The van der Waals surface area contributed by atoms with Crippen LogP contribution in [0.25, 0.3) is 0 Å². The van der Waals surface area contributed by atoms with Crippen molar-refractivity contribution >= 4 is 22.4 Å². The highest BCUT2D eigenvalue weighted by Crippen LogP contribution is 2.21. The highest BCUT2D eigenvalue weighted by molar-refractivity contribution is 7.15. The maximum Gasteiger partial charge on any atom is 0.243 e. The van der Waals surface area contributed by atoms with Gasteiger partial charge in [-0.05, 0) is 20.3 Å². The van der Waals surface area contributed by atoms with Gasteiger partial charge in [0.2, 0.25) is 5.91 Å². The van der Waals surface area contributed by atoms with Gasteiger partial charge in [-0.1, -0.05) is 6.92 Å². The average molecular weight is 223 g/mol. The summed E-state index contributed by atoms with van der Waals surface area (Å²) in [4.78, 5) is 16.8. The van der Waals surface area contributed by atoms with Crippen molar-refractivity contribution in [2.75, 3.05) is 5.32 Å². The summed E-state index contributed by atoms with van der Waals surface area (Å²) in [7, 11) is 0. The monoisotopic (exact) mass is 223 g/mol. The number of carbonyl (C=O) groups excluding carboxylic acids is 1. The van der Waals surface area contributed by atoms with Gasteiger partial charge in [-0.15, -0.1) is 11.3 Å². The summed E-state index contributed by atoms with van der Waals surface area (Å²) < 4.78 is 0. The molecule has 0 aromatic carbocycles. The van der Waals surface area contributed by atoms with E-state index in [4.69, 9.17) is 5.26 Å². The molecule has 0 saturated carbocycles. The molecule has 4 nitrogen and oxygen atoms in total. The topological polar surface area (TPSA) is 65.8 Å². The molecule has 1 N–H and O–H groups in total. The summed E-state index contributed by atoms with van der Waals surface area (Å²) in [5.74, 6) is -0.858. The van der Waals surface area contributed by atoms with Crippen molar-refractivity contribution < 1.29 is 4.79 Å². The van der Waals surface area contributed by atoms with Crippen LogP contribution in [0.5, 0.6) is 0 Å². The number of nitriles is 1. The molecule has 1 heterocycles. The number of anilines is 1. The Kier molecular flexibility index (Phi) is 3.81. The Morgan fingerprint density at radius 2 is 2.33 bits per heavy atom. The van der Waals surface area contributed by atoms with E-state index in [0.29, 0.717) is 11.6 Å². The number of hydrogen-bond donors (Lipinski definition) is 1. The molecule has 0 aliphatic rings. The summed E-state index contributed by atoms with van der Waals surface area (Å²) in [6.45, 7) is 5.65. The van der Waals surface area contributed by atoms with Gasteiger partial charge in [0.05, 0.1) is 11.8 Å². The molecule has 1 amide bonds. The Hall–Kier alpha value is -1.41. The van der Waals surface area contributed by atoms with Crippen LogP contribution < -0.4 is 5.32 Å². The van der Waals surface area contributed by atoms with Crippen molar-refractivity contribution in [1.82, 2.24) is 4.98 Å². The third-order valence-electron chi connectivity index (χ3n) is 2.14. The van der Waals surface area contributed by atoms with Gasteiger partial charge in [-0.25, -0.2) is 4.98 Å². The van der Waals surface area contributed by atoms with Crippen LogP contribution in [0.2, 0.25) is 0 Å². The number of thiazole rings is 1. The van der Waals surface area contributed by atoms with E-state index in [1.807, 2.05) is 26.8 Å². The number of rotatable bonds is 3. The van der Waals surface area contributed by atoms with Gasteiger partial charge in [0, 0.05) is 4.88 Å². The number of amides is 1. The van der Waals surface area contributed by atoms with E-state index < -0.39 is 5.92 Å². The van der Waals surface area contributed by atoms with Gasteiger partial charge < -0.3 is 5.32 Å². The molecule has 80 valence electrons. The van der Waals surface area contributed by atoms with Crippen LogP contribution in [0.4, 0.5) is 5.13 Å². The number of hydrogen-bond acceptors (Lipinski definition) is 4. The molecule has 0 bridgehead atoms. The quantitative estimate of drug-likeness (QED) is 0.854. The minimum absolute atomic E-state index is 0.270. The normalized spacial score (nSPS) is 11.9. The molecule has 0 aliphatic heterocycles. The number of nitrogens with one attached hydrogen (secondary N) is 1. The van der Waals surface area contributed by atoms with E-state index in [-0.39, 0.29) is 5.91 Å². The van der Waals surface area contributed by atoms with Gasteiger partial charge in [0.25, 0.3) is 0 Å². The predicted octanol–water partition coefficient (Wildman–Crippen LogP) is 2.25. The van der Waals surface area contributed by atoms with E-state index in [0.717, 1.165) is 10.6 Å². The lowest BCUT2D eigenvalue weighted by atomic mass is 10.1. The summed E-state index contributed by atoms with van der Waals surface area (Å²) in [6.07, 6.45) is 0.520. The molecular formula is C10H13N3OS. The Morgan fingerprint density at radius 1 is 1.67 bits per heavy atom. The second-order valence-electron chi connectivity index (χ2n) is 3.24. The smallest absolute Gasteiger partial charge is 0.243 e. The van der Waals surface area contributed by atoms with Gasteiger partial charge in [-0.3, -0.25) is 4.79 Å². The molecule has 1 aromatic rings. The fourth-order valence-corrected chi connectivity index (χ4v) is 1.87. The van der Waals surface area contributed by atoms with Crippen molar-refractivity contribution in [3.8, 4) is 6.07 Å². The molecule has 1 aromatic heterocycles. The third-order valence-corrected chi connectivity index (χ3v) is 3.13. The summed E-state index contributed by atoms with van der Waals surface area (Å²) >= 11 is 1.43. The van der Waals surface area contributed by atoms with Gasteiger partial charge in [-0.2, -0.15) is 5.26 Å². The van der Waals surface area contributed by atoms with Crippen LogP contribution in [0.15, 0.2) is 0 Å². The second kappa shape index (κ2) is 4.89. The molecule has 0 saturated heterocycles. The van der Waals surface area contributed by atoms with Gasteiger partial charge in [0.1, 0.15) is 5.92 Å². The number of carbonyl (C=O) groups is 1. The van der Waals surface area contributed by atoms with Gasteiger partial charge in [0.15, 0.2) is 5.13 Å². The molecular weight excluding hydrogens is 210 g/mol. The number of aryl methyl sites for hydroxylation is 2. The second-order valence-corrected chi connectivity index (χ2v) is 4.44. The maximum absolute atomic E-state index is 11.5. The minimum Gasteiger partial charge on any atom is -0.301 e. The van der Waals surface area contributed by atoms with Crippen LogP contribution in [0.1, 0.15) is 23.9 Å². The van der Waals surface area contributed by atoms with E-state index in [1.54, 1.807) is 0 Å². The summed E-state index contributed by atoms with van der Waals surface area (Å²) in [6, 6.07) is 1.96. The fourth-order valence-electron chi connectivity index (χ4n) is 1.05. The summed E-state index contributed by atoms with van der Waals surface area (Å²) in [5.41, 5.74) is 0.917. The zero-order valence-electron chi connectivity index (χ0n) is 9.00. The van der Waals surface area contributed by atoms with Crippen molar-refractivity contribution in [2.45, 2.75) is 27.2 Å². The maximum atomic E-state index is 11.5. The lowest BCUT2D eigenvalue weighted by Gasteiger charge is -2.04. The van der Waals surface area contributed by atoms with Crippen LogP contribution >= 0.6 is 11.3 Å². The molecule has 0 aliphatic carbocycles. The molecule has 15 heavy (non-hydrogen) atoms. The van der Waals surface area contributed by atoms with E-state index in [2.05, 4.69) is 10.3 Å². The molecule has 1 unspecified atom stereocenters. The van der Waals surface area contributed by atoms with E-state index >= 15 is 0 Å². The third kappa shape index (κ3) is 2.77. The fraction of sp³-hybridized carbons (Fsp3) is 0.500. The highest BCUT2D eigenvalue weighted by Gasteiger charge is 2.17. The first-order valence-electron chi connectivity index (χ1n) is 4.73. The Morgan fingerprint density at radius 3 is 2.73 bits per heavy atom. The first-order chi connectivity index (χ1) is 7.08. The summed E-state index contributed by atoms with van der Waals surface area (Å²) in [5, 5.41) is 11.9. The first-order valence-corrected chi connectivity index (χ1v) is 5.54. The van der Waals surface area contributed by atoms with Crippen molar-refractivity contribution in [2.24, 2.45) is 5.92 Å². The van der Waals surface area contributed by atoms with Crippen LogP contribution in [0.3, 0.4) is 0 Å². The van der Waals surface area contributed by atoms with Crippen LogP contribution in [-0.2, 0) is 4.79 Å². The zero-order chi connectivity index (χ0) is 11.4. The molecule has 1 rings (SSSR count). The Balaban J connectivity index is 2.71. The standard InChI is InChI=1S/C10H13N3OS/c1-4-8(5-11)9(14)13-10-12-6(2)7(3)15-10/h8H,4H2,1-3H3,(H,12,13,14). The Bertz CT molecular complexity index is 386. The van der Waals surface area contributed by atoms with E-state index in [1.165, 1.54) is 11.3 Å². The first kappa shape index (κ1) is 11.7. The zero-order valence-corrected chi connectivity index (χ0v) is 9.81. The molecule has 0 fully saturated rings. The SMILES string of the molecule is CCC(C#N)C(=O)Nc1nc(C)c(C)s1. The van der Waals surface area contributed by atoms with Crippen molar-refractivity contribution in [3.63, 3.8) is 0 Å². The molecule has 0 radical (unpaired) electrons. The lowest BCUT2D eigenvalue weighted by molar-refractivity contribution is -0.118. The minimum atomic E-state index is -0.588. The highest BCUT2D eigenvalue weighted by atomic mass is 32.1. The van der Waals surface area contributed by atoms with Crippen molar-refractivity contribution in [3.05, 3.63) is 10.6 Å². The van der Waals surface area contributed by atoms with E-state index in [9.17, 15) is 4.79 Å². The van der Waals surface area contributed by atoms with Gasteiger partial charge >= 0.3 is 0 Å². The van der Waals surface area contributed by atoms with Crippen LogP contribution in [-0.4, -0.2) is 10.9 Å². The number of aromatic nitrogens is 1. The molecule has 1 atom stereocenters. The largest absolute Gasteiger partial charge is 0.301 e. The lowest BCUT2D eigenvalue weighted by Crippen LogP contribution is -2.20. The Labute approximate surface area is 92.9 Å². The average Bonchev–Trinajstić information content (AvgIpc) is 2.47. The number of nitrogens with zero attached hydrogens (tertiary/aromatic N) is 2. The van der Waals surface area contributed by atoms with Crippen molar-refractivity contribution in [1.29, 1.82) is 5.26 Å². The molecule has 0 spiro atoms. The molecule has 5 heteroatoms. The predicted molar refractivity (Wildman–Crippen MR) is 59.6 cm³/mol.